The van der Waals surface area contributed by atoms with Crippen molar-refractivity contribution in [3.8, 4) is 11.3 Å². The third-order valence-corrected chi connectivity index (χ3v) is 3.68. The topological polar surface area (TPSA) is 12.9 Å². The number of benzene rings is 2. The van der Waals surface area contributed by atoms with E-state index in [1.165, 1.54) is 16.5 Å². The molecule has 2 aromatic carbocycles. The molecule has 1 radical (unpaired) electrons. The molecule has 0 spiro atoms. The zero-order valence-electron chi connectivity index (χ0n) is 11.3. The molecule has 0 amide bonds. The van der Waals surface area contributed by atoms with Gasteiger partial charge < -0.3 is 0 Å². The van der Waals surface area contributed by atoms with Gasteiger partial charge in [0.1, 0.15) is 0 Å². The van der Waals surface area contributed by atoms with Crippen molar-refractivity contribution in [2.75, 3.05) is 0 Å². The first-order valence-electron chi connectivity index (χ1n) is 6.61. The molecule has 21 heavy (non-hydrogen) atoms. The van der Waals surface area contributed by atoms with E-state index in [1.807, 2.05) is 18.2 Å². The van der Waals surface area contributed by atoms with Crippen molar-refractivity contribution < 1.29 is 20.1 Å². The summed E-state index contributed by atoms with van der Waals surface area (Å²) in [6.07, 6.45) is 6.14. The van der Waals surface area contributed by atoms with E-state index in [0.717, 1.165) is 22.3 Å². The fourth-order valence-corrected chi connectivity index (χ4v) is 2.69. The van der Waals surface area contributed by atoms with E-state index in [9.17, 15) is 0 Å². The SMILES string of the molecule is C=Cc1cc[c-]c(-c2cc3c4c(cccc4n2)C=C3)c1.[Ir]. The van der Waals surface area contributed by atoms with Crippen LogP contribution in [0.3, 0.4) is 0 Å². The Hall–Kier alpha value is -2.02. The van der Waals surface area contributed by atoms with Gasteiger partial charge in [0.05, 0.1) is 5.52 Å². The summed E-state index contributed by atoms with van der Waals surface area (Å²) in [5, 5.41) is 1.25. The van der Waals surface area contributed by atoms with E-state index in [4.69, 9.17) is 4.98 Å². The van der Waals surface area contributed by atoms with Crippen LogP contribution in [-0.4, -0.2) is 4.98 Å². The Balaban J connectivity index is 0.00000132. The number of nitrogens with zero attached hydrogens (tertiary/aromatic N) is 1. The quantitative estimate of drug-likeness (QED) is 0.402. The molecular weight excluding hydrogens is 434 g/mol. The van der Waals surface area contributed by atoms with Crippen molar-refractivity contribution in [3.63, 3.8) is 0 Å². The second kappa shape index (κ2) is 5.40. The molecule has 3 aromatic rings. The summed E-state index contributed by atoms with van der Waals surface area (Å²) in [5.41, 5.74) is 6.57. The van der Waals surface area contributed by atoms with E-state index >= 15 is 0 Å². The molecule has 0 aliphatic heterocycles. The van der Waals surface area contributed by atoms with Gasteiger partial charge in [-0.15, -0.1) is 42.0 Å². The fourth-order valence-electron chi connectivity index (χ4n) is 2.69. The normalized spacial score (nSPS) is 11.4. The van der Waals surface area contributed by atoms with Gasteiger partial charge in [0.2, 0.25) is 0 Å². The summed E-state index contributed by atoms with van der Waals surface area (Å²) >= 11 is 0. The van der Waals surface area contributed by atoms with E-state index in [2.05, 4.69) is 55.1 Å². The number of hydrogen-bond donors (Lipinski definition) is 0. The van der Waals surface area contributed by atoms with Gasteiger partial charge in [0.15, 0.2) is 0 Å². The van der Waals surface area contributed by atoms with Crippen LogP contribution in [0, 0.1) is 6.07 Å². The Morgan fingerprint density at radius 1 is 1.05 bits per heavy atom. The standard InChI is InChI=1S/C19H12N.Ir/c1-2-13-5-3-7-15(11-13)18-12-16-10-9-14-6-4-8-17(20-18)19(14)16;/h2-6,8-12H,1H2;/q-1;. The Bertz CT molecular complexity index is 878. The molecule has 0 atom stereocenters. The Labute approximate surface area is 137 Å². The summed E-state index contributed by atoms with van der Waals surface area (Å²) in [4.78, 5) is 4.78. The maximum absolute atomic E-state index is 4.78. The maximum Gasteiger partial charge on any atom is 0.0607 e. The van der Waals surface area contributed by atoms with Crippen LogP contribution in [0.25, 0.3) is 40.4 Å². The second-order valence-corrected chi connectivity index (χ2v) is 4.91. The van der Waals surface area contributed by atoms with Gasteiger partial charge in [-0.1, -0.05) is 36.4 Å². The molecule has 0 saturated heterocycles. The van der Waals surface area contributed by atoms with Gasteiger partial charge >= 0.3 is 0 Å². The van der Waals surface area contributed by atoms with Crippen LogP contribution >= 0.6 is 0 Å². The predicted octanol–water partition coefficient (Wildman–Crippen LogP) is 4.83. The molecule has 103 valence electrons. The van der Waals surface area contributed by atoms with E-state index in [0.29, 0.717) is 0 Å². The van der Waals surface area contributed by atoms with Crippen LogP contribution in [0.4, 0.5) is 0 Å². The third-order valence-electron chi connectivity index (χ3n) is 3.68. The van der Waals surface area contributed by atoms with Crippen molar-refractivity contribution >= 4 is 29.1 Å². The summed E-state index contributed by atoms with van der Waals surface area (Å²) < 4.78 is 0. The first-order valence-corrected chi connectivity index (χ1v) is 6.61. The van der Waals surface area contributed by atoms with Crippen molar-refractivity contribution in [1.29, 1.82) is 0 Å². The van der Waals surface area contributed by atoms with Gasteiger partial charge in [-0.05, 0) is 22.9 Å². The molecule has 1 aromatic heterocycles. The van der Waals surface area contributed by atoms with Crippen LogP contribution in [0.5, 0.6) is 0 Å². The van der Waals surface area contributed by atoms with Gasteiger partial charge in [-0.3, -0.25) is 4.98 Å². The van der Waals surface area contributed by atoms with E-state index in [-0.39, 0.29) is 20.1 Å². The van der Waals surface area contributed by atoms with E-state index < -0.39 is 0 Å². The number of pyridine rings is 1. The van der Waals surface area contributed by atoms with Crippen molar-refractivity contribution in [3.05, 3.63) is 71.8 Å². The molecule has 0 saturated carbocycles. The number of hydrogen-bond acceptors (Lipinski definition) is 1. The minimum Gasteiger partial charge on any atom is -0.296 e. The molecule has 2 heteroatoms. The van der Waals surface area contributed by atoms with Crippen LogP contribution in [-0.2, 0) is 20.1 Å². The molecule has 1 heterocycles. The molecule has 1 nitrogen and oxygen atoms in total. The summed E-state index contributed by atoms with van der Waals surface area (Å²) in [6, 6.07) is 17.6. The predicted molar refractivity (Wildman–Crippen MR) is 85.0 cm³/mol. The zero-order chi connectivity index (χ0) is 13.5. The fraction of sp³-hybridized carbons (Fsp3) is 0. The van der Waals surface area contributed by atoms with Crippen molar-refractivity contribution in [2.45, 2.75) is 0 Å². The van der Waals surface area contributed by atoms with Crippen LogP contribution in [0.2, 0.25) is 0 Å². The van der Waals surface area contributed by atoms with Crippen LogP contribution < -0.4 is 0 Å². The minimum atomic E-state index is 0. The van der Waals surface area contributed by atoms with Crippen LogP contribution in [0.15, 0.2) is 49.0 Å². The van der Waals surface area contributed by atoms with Gasteiger partial charge in [-0.25, -0.2) is 0 Å². The van der Waals surface area contributed by atoms with E-state index in [1.54, 1.807) is 0 Å². The van der Waals surface area contributed by atoms with Crippen molar-refractivity contribution in [1.82, 2.24) is 4.98 Å². The molecule has 0 fully saturated rings. The van der Waals surface area contributed by atoms with Crippen LogP contribution in [0.1, 0.15) is 16.7 Å². The molecule has 0 bridgehead atoms. The Morgan fingerprint density at radius 2 is 1.90 bits per heavy atom. The molecule has 0 unspecified atom stereocenters. The average molecular weight is 447 g/mol. The average Bonchev–Trinajstić information content (AvgIpc) is 2.92. The Kier molecular flexibility index (Phi) is 3.59. The smallest absolute Gasteiger partial charge is 0.0607 e. The number of aromatic nitrogens is 1. The monoisotopic (exact) mass is 447 g/mol. The Morgan fingerprint density at radius 3 is 2.76 bits per heavy atom. The molecule has 1 aliphatic carbocycles. The molecule has 4 rings (SSSR count). The maximum atomic E-state index is 4.78. The zero-order valence-corrected chi connectivity index (χ0v) is 13.7. The first kappa shape index (κ1) is 13.9. The third kappa shape index (κ3) is 2.27. The molecule has 0 N–H and O–H groups in total. The summed E-state index contributed by atoms with van der Waals surface area (Å²) in [7, 11) is 0. The second-order valence-electron chi connectivity index (χ2n) is 4.91. The summed E-state index contributed by atoms with van der Waals surface area (Å²) in [6.45, 7) is 3.81. The summed E-state index contributed by atoms with van der Waals surface area (Å²) in [5.74, 6) is 0. The molecule has 1 aliphatic rings. The van der Waals surface area contributed by atoms with Gasteiger partial charge in [0.25, 0.3) is 0 Å². The van der Waals surface area contributed by atoms with Gasteiger partial charge in [0, 0.05) is 25.5 Å². The molecular formula is C19H12IrN-. The minimum absolute atomic E-state index is 0. The largest absolute Gasteiger partial charge is 0.296 e. The van der Waals surface area contributed by atoms with Gasteiger partial charge in [-0.2, -0.15) is 0 Å². The van der Waals surface area contributed by atoms with Crippen molar-refractivity contribution in [2.24, 2.45) is 0 Å². The first-order chi connectivity index (χ1) is 9.85. The number of rotatable bonds is 2.